The van der Waals surface area contributed by atoms with Crippen LogP contribution < -0.4 is 5.73 Å². The standard InChI is InChI=1S/C17H17F4NO/c18-14-8-4-12(5-9-14)16(23)15(22)10-3-11-1-6-13(7-2-11)17(19,20)21/h1-2,4-9,15-16,23H,3,10,22H2. The lowest BCUT2D eigenvalue weighted by atomic mass is 9.96. The van der Waals surface area contributed by atoms with Crippen LogP contribution >= 0.6 is 0 Å². The summed E-state index contributed by atoms with van der Waals surface area (Å²) in [5.41, 5.74) is 6.43. The summed E-state index contributed by atoms with van der Waals surface area (Å²) in [7, 11) is 0. The lowest BCUT2D eigenvalue weighted by molar-refractivity contribution is -0.137. The first-order valence-electron chi connectivity index (χ1n) is 7.12. The molecule has 6 heteroatoms. The average molecular weight is 327 g/mol. The molecule has 3 N–H and O–H groups in total. The second-order valence-electron chi connectivity index (χ2n) is 5.39. The van der Waals surface area contributed by atoms with Crippen LogP contribution in [0.2, 0.25) is 0 Å². The molecule has 0 bridgehead atoms. The van der Waals surface area contributed by atoms with E-state index in [0.717, 1.165) is 12.1 Å². The first kappa shape index (κ1) is 17.4. The summed E-state index contributed by atoms with van der Waals surface area (Å²) >= 11 is 0. The minimum absolute atomic E-state index is 0.393. The largest absolute Gasteiger partial charge is 0.416 e. The number of aliphatic hydroxyl groups is 1. The Morgan fingerprint density at radius 3 is 2.04 bits per heavy atom. The Morgan fingerprint density at radius 1 is 0.957 bits per heavy atom. The molecule has 0 aliphatic carbocycles. The monoisotopic (exact) mass is 327 g/mol. The van der Waals surface area contributed by atoms with Gasteiger partial charge in [-0.15, -0.1) is 0 Å². The van der Waals surface area contributed by atoms with Gasteiger partial charge < -0.3 is 10.8 Å². The Hall–Kier alpha value is -1.92. The number of aryl methyl sites for hydroxylation is 1. The van der Waals surface area contributed by atoms with E-state index in [2.05, 4.69) is 0 Å². The summed E-state index contributed by atoms with van der Waals surface area (Å²) in [5.74, 6) is -0.403. The molecule has 2 aromatic carbocycles. The zero-order valence-corrected chi connectivity index (χ0v) is 12.2. The van der Waals surface area contributed by atoms with Crippen LogP contribution in [0.5, 0.6) is 0 Å². The molecular weight excluding hydrogens is 310 g/mol. The molecule has 0 aliphatic heterocycles. The predicted octanol–water partition coefficient (Wildman–Crippen LogP) is 3.84. The molecule has 0 saturated heterocycles. The smallest absolute Gasteiger partial charge is 0.387 e. The van der Waals surface area contributed by atoms with Crippen molar-refractivity contribution in [1.82, 2.24) is 0 Å². The number of hydrogen-bond acceptors (Lipinski definition) is 2. The highest BCUT2D eigenvalue weighted by molar-refractivity contribution is 5.25. The van der Waals surface area contributed by atoms with Crippen LogP contribution in [-0.4, -0.2) is 11.1 Å². The number of benzene rings is 2. The van der Waals surface area contributed by atoms with Gasteiger partial charge in [0, 0.05) is 6.04 Å². The van der Waals surface area contributed by atoms with Gasteiger partial charge >= 0.3 is 6.18 Å². The van der Waals surface area contributed by atoms with Crippen molar-refractivity contribution in [1.29, 1.82) is 0 Å². The normalized spacial score (nSPS) is 14.5. The Balaban J connectivity index is 1.93. The van der Waals surface area contributed by atoms with Crippen LogP contribution in [0.4, 0.5) is 17.6 Å². The van der Waals surface area contributed by atoms with Gasteiger partial charge in [-0.3, -0.25) is 0 Å². The quantitative estimate of drug-likeness (QED) is 0.820. The summed E-state index contributed by atoms with van der Waals surface area (Å²) in [6.07, 6.45) is -4.47. The van der Waals surface area contributed by atoms with E-state index in [9.17, 15) is 22.7 Å². The summed E-state index contributed by atoms with van der Waals surface area (Å²) in [6, 6.07) is 9.65. The molecule has 2 nitrogen and oxygen atoms in total. The van der Waals surface area contributed by atoms with Crippen molar-refractivity contribution in [3.05, 3.63) is 71.0 Å². The van der Waals surface area contributed by atoms with Gasteiger partial charge in [0.2, 0.25) is 0 Å². The molecule has 2 unspecified atom stereocenters. The number of hydrogen-bond donors (Lipinski definition) is 2. The average Bonchev–Trinajstić information content (AvgIpc) is 2.52. The lowest BCUT2D eigenvalue weighted by Crippen LogP contribution is -2.29. The minimum atomic E-state index is -4.35. The molecule has 0 fully saturated rings. The molecular formula is C17H17F4NO. The molecule has 2 aromatic rings. The van der Waals surface area contributed by atoms with Crippen LogP contribution in [0.25, 0.3) is 0 Å². The second-order valence-corrected chi connectivity index (χ2v) is 5.39. The van der Waals surface area contributed by atoms with Crippen molar-refractivity contribution in [2.45, 2.75) is 31.2 Å². The highest BCUT2D eigenvalue weighted by atomic mass is 19.4. The highest BCUT2D eigenvalue weighted by Crippen LogP contribution is 2.29. The van der Waals surface area contributed by atoms with Crippen LogP contribution in [0, 0.1) is 5.82 Å². The molecule has 0 aliphatic rings. The Labute approximate surface area is 131 Å². The molecule has 0 spiro atoms. The van der Waals surface area contributed by atoms with Crippen molar-refractivity contribution in [3.8, 4) is 0 Å². The van der Waals surface area contributed by atoms with Crippen molar-refractivity contribution < 1.29 is 22.7 Å². The maximum atomic E-state index is 12.8. The first-order chi connectivity index (χ1) is 10.8. The highest BCUT2D eigenvalue weighted by Gasteiger charge is 2.29. The van der Waals surface area contributed by atoms with Gasteiger partial charge in [-0.05, 0) is 48.2 Å². The zero-order chi connectivity index (χ0) is 17.0. The molecule has 0 aromatic heterocycles. The zero-order valence-electron chi connectivity index (χ0n) is 12.2. The third-order valence-electron chi connectivity index (χ3n) is 3.66. The SMILES string of the molecule is NC(CCc1ccc(C(F)(F)F)cc1)C(O)c1ccc(F)cc1. The van der Waals surface area contributed by atoms with Crippen molar-refractivity contribution in [3.63, 3.8) is 0 Å². The van der Waals surface area contributed by atoms with E-state index in [1.807, 2.05) is 0 Å². The summed E-state index contributed by atoms with van der Waals surface area (Å²) < 4.78 is 50.3. The number of halogens is 4. The van der Waals surface area contributed by atoms with E-state index in [0.29, 0.717) is 24.0 Å². The molecule has 2 rings (SSSR count). The summed E-state index contributed by atoms with van der Waals surface area (Å²) in [4.78, 5) is 0. The number of rotatable bonds is 5. The van der Waals surface area contributed by atoms with Crippen molar-refractivity contribution in [2.75, 3.05) is 0 Å². The Kier molecular flexibility index (Phi) is 5.38. The fraction of sp³-hybridized carbons (Fsp3) is 0.294. The van der Waals surface area contributed by atoms with Crippen LogP contribution in [0.1, 0.15) is 29.2 Å². The van der Waals surface area contributed by atoms with Gasteiger partial charge in [0.1, 0.15) is 5.82 Å². The fourth-order valence-corrected chi connectivity index (χ4v) is 2.26. The van der Waals surface area contributed by atoms with Gasteiger partial charge in [0.25, 0.3) is 0 Å². The topological polar surface area (TPSA) is 46.2 Å². The van der Waals surface area contributed by atoms with Crippen LogP contribution in [0.15, 0.2) is 48.5 Å². The third-order valence-corrected chi connectivity index (χ3v) is 3.66. The molecule has 0 amide bonds. The van der Waals surface area contributed by atoms with Gasteiger partial charge in [-0.1, -0.05) is 24.3 Å². The van der Waals surface area contributed by atoms with Crippen LogP contribution in [0.3, 0.4) is 0 Å². The van der Waals surface area contributed by atoms with Crippen LogP contribution in [-0.2, 0) is 12.6 Å². The maximum Gasteiger partial charge on any atom is 0.416 e. The number of aliphatic hydroxyl groups excluding tert-OH is 1. The molecule has 2 atom stereocenters. The maximum absolute atomic E-state index is 12.8. The summed E-state index contributed by atoms with van der Waals surface area (Å²) in [5, 5.41) is 10.1. The van der Waals surface area contributed by atoms with Gasteiger partial charge in [-0.2, -0.15) is 13.2 Å². The molecule has 0 saturated carbocycles. The van der Waals surface area contributed by atoms with E-state index < -0.39 is 29.7 Å². The molecule has 124 valence electrons. The summed E-state index contributed by atoms with van der Waals surface area (Å²) in [6.45, 7) is 0. The Bertz CT molecular complexity index is 623. The first-order valence-corrected chi connectivity index (χ1v) is 7.12. The van der Waals surface area contributed by atoms with Gasteiger partial charge in [0.05, 0.1) is 11.7 Å². The fourth-order valence-electron chi connectivity index (χ4n) is 2.26. The lowest BCUT2D eigenvalue weighted by Gasteiger charge is -2.19. The van der Waals surface area contributed by atoms with Crippen molar-refractivity contribution in [2.24, 2.45) is 5.73 Å². The van der Waals surface area contributed by atoms with E-state index in [1.54, 1.807) is 0 Å². The number of nitrogens with two attached hydrogens (primary N) is 1. The third kappa shape index (κ3) is 4.77. The molecule has 23 heavy (non-hydrogen) atoms. The van der Waals surface area contributed by atoms with Gasteiger partial charge in [-0.25, -0.2) is 4.39 Å². The molecule has 0 radical (unpaired) electrons. The van der Waals surface area contributed by atoms with Crippen molar-refractivity contribution >= 4 is 0 Å². The number of alkyl halides is 3. The van der Waals surface area contributed by atoms with E-state index in [-0.39, 0.29) is 0 Å². The minimum Gasteiger partial charge on any atom is -0.387 e. The van der Waals surface area contributed by atoms with E-state index in [4.69, 9.17) is 5.73 Å². The molecule has 0 heterocycles. The van der Waals surface area contributed by atoms with E-state index in [1.165, 1.54) is 36.4 Å². The van der Waals surface area contributed by atoms with Gasteiger partial charge in [0.15, 0.2) is 0 Å². The Morgan fingerprint density at radius 2 is 1.52 bits per heavy atom. The van der Waals surface area contributed by atoms with E-state index >= 15 is 0 Å². The second kappa shape index (κ2) is 7.10. The predicted molar refractivity (Wildman–Crippen MR) is 79.1 cm³/mol.